The molecule has 0 radical (unpaired) electrons. The number of nitrogens with two attached hydrogens (primary N) is 1. The molecule has 0 amide bonds. The third-order valence-corrected chi connectivity index (χ3v) is 5.84. The van der Waals surface area contributed by atoms with Crippen LogP contribution in [0.15, 0.2) is 23.1 Å². The summed E-state index contributed by atoms with van der Waals surface area (Å²) in [7, 11) is -3.64. The predicted molar refractivity (Wildman–Crippen MR) is 79.1 cm³/mol. The molecule has 2 rings (SSSR count). The lowest BCUT2D eigenvalue weighted by Gasteiger charge is -2.36. The normalized spacial score (nSPS) is 16.4. The molecule has 0 unspecified atom stereocenters. The number of nitrogens with zero attached hydrogens (tertiary/aromatic N) is 1. The number of hydrogen-bond acceptors (Lipinski definition) is 4. The number of sulfonamides is 1. The fraction of sp³-hybridized carbons (Fsp3) is 0.538. The Morgan fingerprint density at radius 1 is 1.40 bits per heavy atom. The predicted octanol–water partition coefficient (Wildman–Crippen LogP) is 1.85. The standard InChI is InChI=1S/C13H19ClN2O3S/c14-10-5-6-13(12(15)9-10)20(18,19)16(7-2-8-17)11-3-1-4-11/h5-6,9,11,17H,1-4,7-8,15H2. The van der Waals surface area contributed by atoms with Crippen LogP contribution in [0.1, 0.15) is 25.7 Å². The molecule has 1 aromatic rings. The highest BCUT2D eigenvalue weighted by molar-refractivity contribution is 7.89. The van der Waals surface area contributed by atoms with Crippen molar-refractivity contribution >= 4 is 27.3 Å². The number of nitrogen functional groups attached to an aromatic ring is 1. The van der Waals surface area contributed by atoms with Gasteiger partial charge in [-0.2, -0.15) is 4.31 Å². The summed E-state index contributed by atoms with van der Waals surface area (Å²) in [5, 5.41) is 9.36. The zero-order chi connectivity index (χ0) is 14.8. The Morgan fingerprint density at radius 2 is 2.10 bits per heavy atom. The van der Waals surface area contributed by atoms with Crippen LogP contribution < -0.4 is 5.73 Å². The summed E-state index contributed by atoms with van der Waals surface area (Å²) in [6.45, 7) is 0.278. The molecule has 0 aromatic heterocycles. The number of rotatable bonds is 6. The molecule has 3 N–H and O–H groups in total. The van der Waals surface area contributed by atoms with Crippen LogP contribution in [0.5, 0.6) is 0 Å². The third kappa shape index (κ3) is 3.09. The van der Waals surface area contributed by atoms with Gasteiger partial charge in [-0.25, -0.2) is 8.42 Å². The van der Waals surface area contributed by atoms with E-state index in [2.05, 4.69) is 0 Å². The molecule has 0 atom stereocenters. The Balaban J connectivity index is 2.33. The quantitative estimate of drug-likeness (QED) is 0.784. The summed E-state index contributed by atoms with van der Waals surface area (Å²) in [6.07, 6.45) is 3.17. The van der Waals surface area contributed by atoms with E-state index < -0.39 is 10.0 Å². The highest BCUT2D eigenvalue weighted by atomic mass is 35.5. The van der Waals surface area contributed by atoms with Gasteiger partial charge in [0.05, 0.1) is 5.69 Å². The van der Waals surface area contributed by atoms with Gasteiger partial charge in [0, 0.05) is 24.2 Å². The van der Waals surface area contributed by atoms with E-state index in [0.29, 0.717) is 18.0 Å². The number of anilines is 1. The Labute approximate surface area is 124 Å². The number of hydrogen-bond donors (Lipinski definition) is 2. The van der Waals surface area contributed by atoms with Crippen LogP contribution in [0.25, 0.3) is 0 Å². The first-order valence-electron chi connectivity index (χ1n) is 6.64. The molecule has 1 aliphatic carbocycles. The first-order valence-corrected chi connectivity index (χ1v) is 8.46. The highest BCUT2D eigenvalue weighted by Crippen LogP contribution is 2.32. The van der Waals surface area contributed by atoms with Crippen molar-refractivity contribution in [3.8, 4) is 0 Å². The van der Waals surface area contributed by atoms with Crippen molar-refractivity contribution in [3.63, 3.8) is 0 Å². The number of benzene rings is 1. The van der Waals surface area contributed by atoms with Crippen molar-refractivity contribution in [3.05, 3.63) is 23.2 Å². The minimum Gasteiger partial charge on any atom is -0.398 e. The number of aliphatic hydroxyl groups is 1. The second kappa shape index (κ2) is 6.30. The first-order chi connectivity index (χ1) is 9.46. The summed E-state index contributed by atoms with van der Waals surface area (Å²) in [6, 6.07) is 4.42. The minimum atomic E-state index is -3.64. The summed E-state index contributed by atoms with van der Waals surface area (Å²) >= 11 is 5.81. The van der Waals surface area contributed by atoms with Crippen LogP contribution in [-0.4, -0.2) is 37.0 Å². The maximum Gasteiger partial charge on any atom is 0.245 e. The van der Waals surface area contributed by atoms with Crippen molar-refractivity contribution in [1.82, 2.24) is 4.31 Å². The second-order valence-electron chi connectivity index (χ2n) is 4.96. The molecule has 1 saturated carbocycles. The third-order valence-electron chi connectivity index (χ3n) is 3.58. The molecule has 0 spiro atoms. The lowest BCUT2D eigenvalue weighted by Crippen LogP contribution is -2.45. The van der Waals surface area contributed by atoms with Crippen LogP contribution >= 0.6 is 11.6 Å². The zero-order valence-corrected chi connectivity index (χ0v) is 12.7. The molecule has 1 aromatic carbocycles. The second-order valence-corrected chi connectivity index (χ2v) is 7.26. The SMILES string of the molecule is Nc1cc(Cl)ccc1S(=O)(=O)N(CCCO)C1CCC1. The number of aliphatic hydroxyl groups excluding tert-OH is 1. The lowest BCUT2D eigenvalue weighted by molar-refractivity contribution is 0.198. The summed E-state index contributed by atoms with van der Waals surface area (Å²) in [5.74, 6) is 0. The molecular weight excluding hydrogens is 300 g/mol. The molecule has 1 aliphatic rings. The summed E-state index contributed by atoms with van der Waals surface area (Å²) < 4.78 is 26.9. The molecule has 0 bridgehead atoms. The minimum absolute atomic E-state index is 0.0154. The van der Waals surface area contributed by atoms with Gasteiger partial charge in [0.25, 0.3) is 0 Å². The van der Waals surface area contributed by atoms with Crippen LogP contribution in [-0.2, 0) is 10.0 Å². The molecule has 112 valence electrons. The zero-order valence-electron chi connectivity index (χ0n) is 11.1. The fourth-order valence-electron chi connectivity index (χ4n) is 2.28. The van der Waals surface area contributed by atoms with Gasteiger partial charge in [-0.05, 0) is 37.5 Å². The largest absolute Gasteiger partial charge is 0.398 e. The van der Waals surface area contributed by atoms with Gasteiger partial charge in [0.15, 0.2) is 0 Å². The average molecular weight is 319 g/mol. The maximum absolute atomic E-state index is 12.7. The number of halogens is 1. The Kier molecular flexibility index (Phi) is 4.90. The van der Waals surface area contributed by atoms with Crippen molar-refractivity contribution in [2.45, 2.75) is 36.6 Å². The molecular formula is C13H19ClN2O3S. The van der Waals surface area contributed by atoms with E-state index in [9.17, 15) is 8.42 Å². The molecule has 0 aliphatic heterocycles. The lowest BCUT2D eigenvalue weighted by atomic mass is 9.93. The van der Waals surface area contributed by atoms with Gasteiger partial charge in [0.2, 0.25) is 10.0 Å². The Hall–Kier alpha value is -0.820. The van der Waals surface area contributed by atoms with Gasteiger partial charge in [-0.15, -0.1) is 0 Å². The van der Waals surface area contributed by atoms with Crippen molar-refractivity contribution in [2.24, 2.45) is 0 Å². The van der Waals surface area contributed by atoms with E-state index in [1.807, 2.05) is 0 Å². The Morgan fingerprint density at radius 3 is 2.60 bits per heavy atom. The maximum atomic E-state index is 12.7. The van der Waals surface area contributed by atoms with Crippen LogP contribution in [0.3, 0.4) is 0 Å². The smallest absolute Gasteiger partial charge is 0.245 e. The highest BCUT2D eigenvalue weighted by Gasteiger charge is 2.35. The topological polar surface area (TPSA) is 83.6 Å². The van der Waals surface area contributed by atoms with Gasteiger partial charge < -0.3 is 10.8 Å². The van der Waals surface area contributed by atoms with Crippen molar-refractivity contribution in [1.29, 1.82) is 0 Å². The van der Waals surface area contributed by atoms with Crippen molar-refractivity contribution < 1.29 is 13.5 Å². The molecule has 7 heteroatoms. The van der Waals surface area contributed by atoms with E-state index in [1.165, 1.54) is 22.5 Å². The van der Waals surface area contributed by atoms with E-state index in [1.54, 1.807) is 0 Å². The summed E-state index contributed by atoms with van der Waals surface area (Å²) in [5.41, 5.74) is 5.95. The monoisotopic (exact) mass is 318 g/mol. The molecule has 0 heterocycles. The van der Waals surface area contributed by atoms with Gasteiger partial charge in [0.1, 0.15) is 4.90 Å². The molecule has 1 fully saturated rings. The fourth-order valence-corrected chi connectivity index (χ4v) is 4.28. The van der Waals surface area contributed by atoms with E-state index in [-0.39, 0.29) is 23.2 Å². The van der Waals surface area contributed by atoms with E-state index in [4.69, 9.17) is 22.4 Å². The molecule has 20 heavy (non-hydrogen) atoms. The molecule has 5 nitrogen and oxygen atoms in total. The van der Waals surface area contributed by atoms with Crippen LogP contribution in [0.4, 0.5) is 5.69 Å². The van der Waals surface area contributed by atoms with Gasteiger partial charge in [-0.1, -0.05) is 18.0 Å². The summed E-state index contributed by atoms with van der Waals surface area (Å²) in [4.78, 5) is 0.0896. The van der Waals surface area contributed by atoms with E-state index in [0.717, 1.165) is 19.3 Å². The van der Waals surface area contributed by atoms with Crippen LogP contribution in [0.2, 0.25) is 5.02 Å². The van der Waals surface area contributed by atoms with Crippen molar-refractivity contribution in [2.75, 3.05) is 18.9 Å². The van der Waals surface area contributed by atoms with Gasteiger partial charge in [-0.3, -0.25) is 0 Å². The first kappa shape index (κ1) is 15.6. The Bertz CT molecular complexity index is 573. The van der Waals surface area contributed by atoms with Crippen LogP contribution in [0, 0.1) is 0 Å². The van der Waals surface area contributed by atoms with Gasteiger partial charge >= 0.3 is 0 Å². The molecule has 0 saturated heterocycles. The average Bonchev–Trinajstić information content (AvgIpc) is 2.31. The van der Waals surface area contributed by atoms with E-state index >= 15 is 0 Å².